The number of rotatable bonds is 1. The fraction of sp³-hybridized carbons (Fsp3) is 0.250. The Morgan fingerprint density at radius 3 is 2.75 bits per heavy atom. The van der Waals surface area contributed by atoms with E-state index in [9.17, 15) is 4.79 Å². The van der Waals surface area contributed by atoms with Gasteiger partial charge in [-0.25, -0.2) is 4.68 Å². The Kier molecular flexibility index (Phi) is 1.97. The molecule has 1 aliphatic heterocycles. The summed E-state index contributed by atoms with van der Waals surface area (Å²) in [6.07, 6.45) is 0. The van der Waals surface area contributed by atoms with Crippen molar-refractivity contribution >= 4 is 0 Å². The Labute approximate surface area is 92.9 Å². The van der Waals surface area contributed by atoms with E-state index in [-0.39, 0.29) is 11.6 Å². The zero-order valence-corrected chi connectivity index (χ0v) is 9.03. The van der Waals surface area contributed by atoms with Gasteiger partial charge in [-0.05, 0) is 19.1 Å². The van der Waals surface area contributed by atoms with Crippen molar-refractivity contribution in [3.8, 4) is 5.69 Å². The smallest absolute Gasteiger partial charge is 0.276 e. The molecule has 1 aromatic heterocycles. The molecule has 2 aromatic rings. The standard InChI is InChI=1S/C12H13N3O/c1-8-11-10(7-13-8)14-15(12(11)16)9-5-3-2-4-6-9/h2-6,8,13-14H,7H2,1H3. The number of nitrogens with zero attached hydrogens (tertiary/aromatic N) is 1. The van der Waals surface area contributed by atoms with Gasteiger partial charge in [0.15, 0.2) is 0 Å². The molecule has 0 aliphatic carbocycles. The van der Waals surface area contributed by atoms with Gasteiger partial charge in [0.2, 0.25) is 0 Å². The Bertz CT molecular complexity index is 568. The van der Waals surface area contributed by atoms with Crippen molar-refractivity contribution in [2.45, 2.75) is 19.5 Å². The summed E-state index contributed by atoms with van der Waals surface area (Å²) in [5.74, 6) is 0. The summed E-state index contributed by atoms with van der Waals surface area (Å²) < 4.78 is 1.61. The number of hydrogen-bond acceptors (Lipinski definition) is 2. The highest BCUT2D eigenvalue weighted by molar-refractivity contribution is 5.35. The molecule has 0 amide bonds. The molecule has 0 spiro atoms. The third kappa shape index (κ3) is 1.23. The fourth-order valence-corrected chi connectivity index (χ4v) is 2.19. The molecule has 1 aliphatic rings. The number of fused-ring (bicyclic) bond motifs is 1. The van der Waals surface area contributed by atoms with Gasteiger partial charge in [-0.15, -0.1) is 0 Å². The van der Waals surface area contributed by atoms with Crippen LogP contribution >= 0.6 is 0 Å². The first-order valence-electron chi connectivity index (χ1n) is 5.40. The van der Waals surface area contributed by atoms with Crippen molar-refractivity contribution in [1.29, 1.82) is 0 Å². The lowest BCUT2D eigenvalue weighted by Crippen LogP contribution is -2.22. The molecule has 0 fully saturated rings. The largest absolute Gasteiger partial charge is 0.304 e. The Morgan fingerprint density at radius 1 is 1.31 bits per heavy atom. The number of aromatic amines is 1. The second-order valence-electron chi connectivity index (χ2n) is 4.08. The molecule has 4 heteroatoms. The van der Waals surface area contributed by atoms with Gasteiger partial charge in [0, 0.05) is 12.6 Å². The summed E-state index contributed by atoms with van der Waals surface area (Å²) in [6.45, 7) is 2.75. The van der Waals surface area contributed by atoms with E-state index in [0.717, 1.165) is 23.5 Å². The molecule has 16 heavy (non-hydrogen) atoms. The van der Waals surface area contributed by atoms with Crippen LogP contribution in [-0.4, -0.2) is 9.78 Å². The molecule has 0 radical (unpaired) electrons. The quantitative estimate of drug-likeness (QED) is 0.754. The predicted molar refractivity (Wildman–Crippen MR) is 61.6 cm³/mol. The molecule has 1 aromatic carbocycles. The second kappa shape index (κ2) is 3.35. The summed E-state index contributed by atoms with van der Waals surface area (Å²) in [5.41, 5.74) is 2.80. The lowest BCUT2D eigenvalue weighted by atomic mass is 10.2. The van der Waals surface area contributed by atoms with Crippen molar-refractivity contribution in [2.24, 2.45) is 0 Å². The van der Waals surface area contributed by atoms with E-state index in [1.807, 2.05) is 37.3 Å². The van der Waals surface area contributed by atoms with Crippen LogP contribution in [0.15, 0.2) is 35.1 Å². The molecular weight excluding hydrogens is 202 g/mol. The summed E-state index contributed by atoms with van der Waals surface area (Å²) in [6, 6.07) is 9.78. The highest BCUT2D eigenvalue weighted by Gasteiger charge is 2.25. The molecule has 4 nitrogen and oxygen atoms in total. The number of benzene rings is 1. The molecule has 0 bridgehead atoms. The summed E-state index contributed by atoms with van der Waals surface area (Å²) in [4.78, 5) is 12.2. The van der Waals surface area contributed by atoms with Gasteiger partial charge < -0.3 is 5.32 Å². The minimum absolute atomic E-state index is 0.0544. The number of para-hydroxylation sites is 1. The van der Waals surface area contributed by atoms with Crippen molar-refractivity contribution in [2.75, 3.05) is 0 Å². The van der Waals surface area contributed by atoms with Gasteiger partial charge in [-0.1, -0.05) is 18.2 Å². The van der Waals surface area contributed by atoms with E-state index in [4.69, 9.17) is 0 Å². The molecule has 0 saturated carbocycles. The Hall–Kier alpha value is -1.81. The maximum absolute atomic E-state index is 12.2. The van der Waals surface area contributed by atoms with Gasteiger partial charge in [0.05, 0.1) is 16.9 Å². The van der Waals surface area contributed by atoms with Crippen LogP contribution in [-0.2, 0) is 6.54 Å². The summed E-state index contributed by atoms with van der Waals surface area (Å²) >= 11 is 0. The molecule has 1 unspecified atom stereocenters. The molecule has 1 atom stereocenters. The van der Waals surface area contributed by atoms with E-state index in [1.165, 1.54) is 0 Å². The normalized spacial score (nSPS) is 18.7. The predicted octanol–water partition coefficient (Wildman–Crippen LogP) is 1.33. The highest BCUT2D eigenvalue weighted by Crippen LogP contribution is 2.20. The van der Waals surface area contributed by atoms with Crippen molar-refractivity contribution in [3.05, 3.63) is 51.9 Å². The van der Waals surface area contributed by atoms with Gasteiger partial charge in [-0.3, -0.25) is 9.89 Å². The maximum atomic E-state index is 12.2. The van der Waals surface area contributed by atoms with E-state index in [1.54, 1.807) is 4.68 Å². The number of aromatic nitrogens is 2. The third-order valence-corrected chi connectivity index (χ3v) is 3.04. The van der Waals surface area contributed by atoms with Crippen LogP contribution in [0.1, 0.15) is 24.2 Å². The first kappa shape index (κ1) is 9.42. The first-order chi connectivity index (χ1) is 7.77. The van der Waals surface area contributed by atoms with Crippen LogP contribution in [0, 0.1) is 0 Å². The molecule has 0 saturated heterocycles. The second-order valence-corrected chi connectivity index (χ2v) is 4.08. The zero-order chi connectivity index (χ0) is 11.1. The SMILES string of the molecule is CC1NCc2[nH]n(-c3ccccc3)c(=O)c21. The average molecular weight is 215 g/mol. The van der Waals surface area contributed by atoms with Crippen LogP contribution in [0.2, 0.25) is 0 Å². The number of H-pyrrole nitrogens is 1. The van der Waals surface area contributed by atoms with E-state index in [0.29, 0.717) is 0 Å². The first-order valence-corrected chi connectivity index (χ1v) is 5.40. The molecular formula is C12H13N3O. The Morgan fingerprint density at radius 2 is 2.06 bits per heavy atom. The van der Waals surface area contributed by atoms with E-state index in [2.05, 4.69) is 10.4 Å². The van der Waals surface area contributed by atoms with E-state index < -0.39 is 0 Å². The molecule has 2 heterocycles. The van der Waals surface area contributed by atoms with E-state index >= 15 is 0 Å². The molecule has 82 valence electrons. The number of hydrogen-bond donors (Lipinski definition) is 2. The minimum Gasteiger partial charge on any atom is -0.304 e. The topological polar surface area (TPSA) is 49.8 Å². The monoisotopic (exact) mass is 215 g/mol. The highest BCUT2D eigenvalue weighted by atomic mass is 16.1. The lowest BCUT2D eigenvalue weighted by molar-refractivity contribution is 0.611. The Balaban J connectivity index is 2.19. The van der Waals surface area contributed by atoms with Crippen molar-refractivity contribution in [1.82, 2.24) is 15.1 Å². The molecule has 3 rings (SSSR count). The summed E-state index contributed by atoms with van der Waals surface area (Å²) in [5, 5.41) is 6.39. The van der Waals surface area contributed by atoms with Crippen LogP contribution in [0.25, 0.3) is 5.69 Å². The zero-order valence-electron chi connectivity index (χ0n) is 9.03. The summed E-state index contributed by atoms with van der Waals surface area (Å²) in [7, 11) is 0. The third-order valence-electron chi connectivity index (χ3n) is 3.04. The van der Waals surface area contributed by atoms with Crippen LogP contribution < -0.4 is 10.9 Å². The van der Waals surface area contributed by atoms with Crippen LogP contribution in [0.5, 0.6) is 0 Å². The van der Waals surface area contributed by atoms with Gasteiger partial charge >= 0.3 is 0 Å². The number of nitrogens with one attached hydrogen (secondary N) is 2. The fourth-order valence-electron chi connectivity index (χ4n) is 2.19. The van der Waals surface area contributed by atoms with Crippen molar-refractivity contribution < 1.29 is 0 Å². The average Bonchev–Trinajstić information content (AvgIpc) is 2.83. The molecule has 2 N–H and O–H groups in total. The van der Waals surface area contributed by atoms with Gasteiger partial charge in [0.25, 0.3) is 5.56 Å². The van der Waals surface area contributed by atoms with Crippen LogP contribution in [0.3, 0.4) is 0 Å². The maximum Gasteiger partial charge on any atom is 0.276 e. The van der Waals surface area contributed by atoms with Gasteiger partial charge in [0.1, 0.15) is 0 Å². The van der Waals surface area contributed by atoms with Crippen LogP contribution in [0.4, 0.5) is 0 Å². The minimum atomic E-state index is 0.0544. The van der Waals surface area contributed by atoms with Crippen molar-refractivity contribution in [3.63, 3.8) is 0 Å². The van der Waals surface area contributed by atoms with Gasteiger partial charge in [-0.2, -0.15) is 0 Å². The lowest BCUT2D eigenvalue weighted by Gasteiger charge is -2.03.